The number of H-pyrrole nitrogens is 1. The molecular weight excluding hydrogens is 276 g/mol. The first-order chi connectivity index (χ1) is 10.2. The molecule has 0 aliphatic carbocycles. The molecule has 2 N–H and O–H groups in total. The van der Waals surface area contributed by atoms with E-state index in [4.69, 9.17) is 4.74 Å². The molecule has 0 spiro atoms. The van der Waals surface area contributed by atoms with Gasteiger partial charge in [-0.2, -0.15) is 0 Å². The summed E-state index contributed by atoms with van der Waals surface area (Å²) >= 11 is 0. The van der Waals surface area contributed by atoms with E-state index in [2.05, 4.69) is 25.6 Å². The number of aromatic carboxylic acids is 1. The van der Waals surface area contributed by atoms with Gasteiger partial charge in [0.15, 0.2) is 11.5 Å². The van der Waals surface area contributed by atoms with Crippen LogP contribution in [0.2, 0.25) is 0 Å². The van der Waals surface area contributed by atoms with Gasteiger partial charge in [0.2, 0.25) is 0 Å². The third-order valence-electron chi connectivity index (χ3n) is 3.18. The second-order valence-electron chi connectivity index (χ2n) is 4.37. The molecule has 1 unspecified atom stereocenters. The highest BCUT2D eigenvalue weighted by Gasteiger charge is 2.19. The Hall–Kier alpha value is -2.81. The van der Waals surface area contributed by atoms with Crippen LogP contribution in [0.4, 0.5) is 0 Å². The number of nitrogens with one attached hydrogen (secondary N) is 1. The lowest BCUT2D eigenvalue weighted by Crippen LogP contribution is -2.12. The molecule has 0 fully saturated rings. The molecule has 108 valence electrons. The third kappa shape index (κ3) is 2.34. The SMILES string of the molecule is COC(Cc1cccc2ncc(C(=O)O)n12)c1nnn[nH]1. The van der Waals surface area contributed by atoms with Crippen LogP contribution >= 0.6 is 0 Å². The molecule has 3 heterocycles. The van der Waals surface area contributed by atoms with Crippen molar-refractivity contribution in [1.29, 1.82) is 0 Å². The number of methoxy groups -OCH3 is 1. The van der Waals surface area contributed by atoms with Crippen molar-refractivity contribution >= 4 is 11.6 Å². The minimum atomic E-state index is -1.04. The van der Waals surface area contributed by atoms with E-state index < -0.39 is 12.1 Å². The van der Waals surface area contributed by atoms with Gasteiger partial charge < -0.3 is 9.84 Å². The standard InChI is InChI=1S/C12H12N6O3/c1-21-9(11-14-16-17-15-11)5-7-3-2-4-10-13-6-8(12(19)20)18(7)10/h2-4,6,9H,5H2,1H3,(H,19,20)(H,14,15,16,17). The van der Waals surface area contributed by atoms with Crippen LogP contribution in [0.25, 0.3) is 5.65 Å². The minimum Gasteiger partial charge on any atom is -0.477 e. The van der Waals surface area contributed by atoms with Gasteiger partial charge in [0, 0.05) is 19.2 Å². The molecule has 9 nitrogen and oxygen atoms in total. The molecule has 0 saturated carbocycles. The Kier molecular flexibility index (Phi) is 3.32. The first-order valence-electron chi connectivity index (χ1n) is 6.15. The molecule has 0 bridgehead atoms. The van der Waals surface area contributed by atoms with Crippen molar-refractivity contribution in [2.75, 3.05) is 7.11 Å². The molecule has 1 atom stereocenters. The average Bonchev–Trinajstić information content (AvgIpc) is 3.13. The number of tetrazole rings is 1. The zero-order chi connectivity index (χ0) is 14.8. The predicted octanol–water partition coefficient (Wildman–Crippen LogP) is 0.476. The van der Waals surface area contributed by atoms with E-state index in [1.807, 2.05) is 12.1 Å². The van der Waals surface area contributed by atoms with Crippen LogP contribution in [-0.4, -0.2) is 48.2 Å². The second kappa shape index (κ2) is 5.29. The van der Waals surface area contributed by atoms with Crippen LogP contribution in [0.1, 0.15) is 28.1 Å². The number of ether oxygens (including phenoxy) is 1. The van der Waals surface area contributed by atoms with Gasteiger partial charge in [-0.15, -0.1) is 5.10 Å². The summed E-state index contributed by atoms with van der Waals surface area (Å²) < 4.78 is 6.95. The van der Waals surface area contributed by atoms with E-state index in [0.29, 0.717) is 17.9 Å². The number of rotatable bonds is 5. The van der Waals surface area contributed by atoms with E-state index in [-0.39, 0.29) is 5.69 Å². The molecule has 3 rings (SSSR count). The highest BCUT2D eigenvalue weighted by Crippen LogP contribution is 2.20. The predicted molar refractivity (Wildman–Crippen MR) is 69.8 cm³/mol. The lowest BCUT2D eigenvalue weighted by Gasteiger charge is -2.13. The summed E-state index contributed by atoms with van der Waals surface area (Å²) in [5.74, 6) is -0.559. The molecule has 0 aromatic carbocycles. The summed E-state index contributed by atoms with van der Waals surface area (Å²) in [4.78, 5) is 15.4. The van der Waals surface area contributed by atoms with Gasteiger partial charge in [0.05, 0.1) is 6.20 Å². The van der Waals surface area contributed by atoms with E-state index >= 15 is 0 Å². The van der Waals surface area contributed by atoms with Crippen molar-refractivity contribution in [2.24, 2.45) is 0 Å². The lowest BCUT2D eigenvalue weighted by molar-refractivity contribution is 0.0687. The summed E-state index contributed by atoms with van der Waals surface area (Å²) in [5.41, 5.74) is 1.41. The topological polar surface area (TPSA) is 118 Å². The average molecular weight is 288 g/mol. The van der Waals surface area contributed by atoms with Crippen molar-refractivity contribution in [1.82, 2.24) is 30.0 Å². The van der Waals surface area contributed by atoms with E-state index in [9.17, 15) is 9.90 Å². The Morgan fingerprint density at radius 3 is 3.05 bits per heavy atom. The molecule has 0 amide bonds. The van der Waals surface area contributed by atoms with Crippen LogP contribution in [0.3, 0.4) is 0 Å². The van der Waals surface area contributed by atoms with Gasteiger partial charge in [-0.25, -0.2) is 14.9 Å². The molecule has 0 aliphatic heterocycles. The molecule has 0 aliphatic rings. The maximum Gasteiger partial charge on any atom is 0.354 e. The van der Waals surface area contributed by atoms with E-state index in [0.717, 1.165) is 5.69 Å². The third-order valence-corrected chi connectivity index (χ3v) is 3.18. The Bertz CT molecular complexity index is 766. The number of pyridine rings is 1. The van der Waals surface area contributed by atoms with Gasteiger partial charge in [-0.3, -0.25) is 4.40 Å². The minimum absolute atomic E-state index is 0.103. The highest BCUT2D eigenvalue weighted by molar-refractivity contribution is 5.86. The summed E-state index contributed by atoms with van der Waals surface area (Å²) in [6.45, 7) is 0. The Morgan fingerprint density at radius 2 is 2.38 bits per heavy atom. The number of carboxylic acids is 1. The Labute approximate surface area is 118 Å². The quantitative estimate of drug-likeness (QED) is 0.700. The van der Waals surface area contributed by atoms with Crippen LogP contribution in [0.15, 0.2) is 24.4 Å². The summed E-state index contributed by atoms with van der Waals surface area (Å²) in [6, 6.07) is 5.37. The van der Waals surface area contributed by atoms with E-state index in [1.165, 1.54) is 6.20 Å². The fourth-order valence-corrected chi connectivity index (χ4v) is 2.20. The van der Waals surface area contributed by atoms with Gasteiger partial charge >= 0.3 is 5.97 Å². The fourth-order valence-electron chi connectivity index (χ4n) is 2.20. The molecule has 21 heavy (non-hydrogen) atoms. The molecular formula is C12H12N6O3. The van der Waals surface area contributed by atoms with Crippen molar-refractivity contribution in [3.63, 3.8) is 0 Å². The van der Waals surface area contributed by atoms with Crippen molar-refractivity contribution in [2.45, 2.75) is 12.5 Å². The first kappa shape index (κ1) is 13.2. The lowest BCUT2D eigenvalue weighted by atomic mass is 10.1. The number of aromatic nitrogens is 6. The van der Waals surface area contributed by atoms with Gasteiger partial charge in [0.25, 0.3) is 0 Å². The van der Waals surface area contributed by atoms with Crippen LogP contribution in [0, 0.1) is 0 Å². The largest absolute Gasteiger partial charge is 0.477 e. The normalized spacial score (nSPS) is 12.6. The van der Waals surface area contributed by atoms with Gasteiger partial charge in [0.1, 0.15) is 11.8 Å². The number of hydrogen-bond acceptors (Lipinski definition) is 6. The number of hydrogen-bond donors (Lipinski definition) is 2. The zero-order valence-corrected chi connectivity index (χ0v) is 11.1. The number of carboxylic acid groups (broad SMARTS) is 1. The van der Waals surface area contributed by atoms with Crippen molar-refractivity contribution < 1.29 is 14.6 Å². The second-order valence-corrected chi connectivity index (χ2v) is 4.37. The Morgan fingerprint density at radius 1 is 1.52 bits per heavy atom. The number of aromatic amines is 1. The number of carbonyl (C=O) groups is 1. The van der Waals surface area contributed by atoms with Crippen molar-refractivity contribution in [3.8, 4) is 0 Å². The summed E-state index contributed by atoms with van der Waals surface area (Å²) in [7, 11) is 1.54. The van der Waals surface area contributed by atoms with Crippen molar-refractivity contribution in [3.05, 3.63) is 41.6 Å². The molecule has 3 aromatic heterocycles. The molecule has 3 aromatic rings. The highest BCUT2D eigenvalue weighted by atomic mass is 16.5. The molecule has 0 radical (unpaired) electrons. The smallest absolute Gasteiger partial charge is 0.354 e. The number of nitrogens with zero attached hydrogens (tertiary/aromatic N) is 5. The van der Waals surface area contributed by atoms with Gasteiger partial charge in [-0.05, 0) is 22.6 Å². The monoisotopic (exact) mass is 288 g/mol. The Balaban J connectivity index is 2.04. The summed E-state index contributed by atoms with van der Waals surface area (Å²) in [5, 5.41) is 22.7. The summed E-state index contributed by atoms with van der Waals surface area (Å²) in [6.07, 6.45) is 1.33. The maximum atomic E-state index is 11.3. The van der Waals surface area contributed by atoms with Crippen LogP contribution in [-0.2, 0) is 11.2 Å². The van der Waals surface area contributed by atoms with Crippen LogP contribution in [0.5, 0.6) is 0 Å². The molecule has 9 heteroatoms. The number of imidazole rings is 1. The molecule has 0 saturated heterocycles. The zero-order valence-electron chi connectivity index (χ0n) is 11.1. The van der Waals surface area contributed by atoms with Gasteiger partial charge in [-0.1, -0.05) is 6.07 Å². The van der Waals surface area contributed by atoms with Crippen LogP contribution < -0.4 is 0 Å². The first-order valence-corrected chi connectivity index (χ1v) is 6.15. The fraction of sp³-hybridized carbons (Fsp3) is 0.250. The van der Waals surface area contributed by atoms with E-state index in [1.54, 1.807) is 17.6 Å². The maximum absolute atomic E-state index is 11.3. The number of fused-ring (bicyclic) bond motifs is 1.